The summed E-state index contributed by atoms with van der Waals surface area (Å²) in [4.78, 5) is 69.4. The molecule has 55 heavy (non-hydrogen) atoms. The number of carboxylic acid groups (broad SMARTS) is 1. The molecule has 16 heteroatoms. The Morgan fingerprint density at radius 3 is 1.45 bits per heavy atom. The van der Waals surface area contributed by atoms with E-state index >= 15 is 0 Å². The van der Waals surface area contributed by atoms with Gasteiger partial charge in [-0.15, -0.1) is 0 Å². The van der Waals surface area contributed by atoms with Gasteiger partial charge in [-0.2, -0.15) is 0 Å². The maximum absolute atomic E-state index is 13.6. The lowest BCUT2D eigenvalue weighted by Gasteiger charge is -2.34. The molecule has 4 heterocycles. The van der Waals surface area contributed by atoms with E-state index < -0.39 is 47.3 Å². The van der Waals surface area contributed by atoms with Crippen LogP contribution < -0.4 is 10.6 Å². The molecular formula is C39H48N8O8. The van der Waals surface area contributed by atoms with Crippen LogP contribution in [-0.2, 0) is 14.3 Å². The van der Waals surface area contributed by atoms with E-state index in [2.05, 4.69) is 35.3 Å². The zero-order chi connectivity index (χ0) is 39.7. The second kappa shape index (κ2) is 15.5. The number of likely N-dealkylation sites (tertiary alicyclic amines) is 2. The summed E-state index contributed by atoms with van der Waals surface area (Å²) in [5, 5.41) is 35.1. The van der Waals surface area contributed by atoms with E-state index in [1.807, 2.05) is 48.5 Å². The molecule has 2 aliphatic heterocycles. The number of H-pyrrole nitrogens is 2. The number of aromatic nitrogens is 4. The first-order valence-electron chi connectivity index (χ1n) is 18.3. The van der Waals surface area contributed by atoms with Gasteiger partial charge in [0.2, 0.25) is 11.8 Å². The zero-order valence-electron chi connectivity index (χ0n) is 31.5. The van der Waals surface area contributed by atoms with Crippen LogP contribution in [0.2, 0.25) is 0 Å². The number of carbonyl (C=O) groups excluding carboxylic acids is 3. The number of ether oxygens (including phenoxy) is 1. The van der Waals surface area contributed by atoms with E-state index in [1.165, 1.54) is 34.8 Å². The van der Waals surface area contributed by atoms with Gasteiger partial charge in [0, 0.05) is 13.1 Å². The Bertz CT molecular complexity index is 2010. The van der Waals surface area contributed by atoms with Crippen molar-refractivity contribution in [3.63, 3.8) is 0 Å². The summed E-state index contributed by atoms with van der Waals surface area (Å²) in [5.41, 5.74) is 2.25. The van der Waals surface area contributed by atoms with Crippen LogP contribution in [0.4, 0.5) is 9.59 Å². The first kappa shape index (κ1) is 39.0. The predicted molar refractivity (Wildman–Crippen MR) is 201 cm³/mol. The molecule has 0 saturated carbocycles. The van der Waals surface area contributed by atoms with Crippen molar-refractivity contribution in [3.05, 3.63) is 72.6 Å². The Hall–Kier alpha value is -5.74. The molecule has 0 aliphatic carbocycles. The first-order valence-corrected chi connectivity index (χ1v) is 18.3. The molecule has 0 bridgehead atoms. The van der Waals surface area contributed by atoms with Gasteiger partial charge in [-0.3, -0.25) is 9.59 Å². The number of carbonyl (C=O) groups is 4. The molecule has 2 fully saturated rings. The maximum atomic E-state index is 13.6. The number of nitrogens with zero attached hydrogens (tertiary/aromatic N) is 4. The normalized spacial score (nSPS) is 18.5. The Morgan fingerprint density at radius 2 is 1.09 bits per heavy atom. The smallest absolute Gasteiger partial charge is 0.407 e. The monoisotopic (exact) mass is 756 g/mol. The summed E-state index contributed by atoms with van der Waals surface area (Å²) in [6.07, 6.45) is 4.05. The van der Waals surface area contributed by atoms with Crippen molar-refractivity contribution in [1.29, 1.82) is 0 Å². The molecule has 4 atom stereocenters. The number of amides is 4. The van der Waals surface area contributed by atoms with Gasteiger partial charge in [0.15, 0.2) is 0 Å². The Kier molecular flexibility index (Phi) is 11.0. The molecule has 6 rings (SSSR count). The van der Waals surface area contributed by atoms with E-state index in [9.17, 15) is 34.5 Å². The SMILES string of the molecule is COC(=O)N[C@H](C(=O)N1CCCC1c1ncc(-c2ccc(-c3ccc(-c4cnc([C@@H]5CCCN5C(=O)[C@@H](NC(=O)O)C(C)(C)O)[nH]4)cc3)cc2)[nH]1)C(C)(C)O. The third-order valence-electron chi connectivity index (χ3n) is 10.2. The topological polar surface area (TPSA) is 226 Å². The van der Waals surface area contributed by atoms with Gasteiger partial charge in [0.25, 0.3) is 0 Å². The third-order valence-corrected chi connectivity index (χ3v) is 10.2. The molecule has 2 aromatic carbocycles. The number of hydrogen-bond donors (Lipinski definition) is 7. The molecular weight excluding hydrogens is 708 g/mol. The second-order valence-electron chi connectivity index (χ2n) is 15.2. The van der Waals surface area contributed by atoms with Gasteiger partial charge in [0.05, 0.1) is 54.2 Å². The fourth-order valence-electron chi connectivity index (χ4n) is 7.33. The molecule has 7 N–H and O–H groups in total. The van der Waals surface area contributed by atoms with Gasteiger partial charge in [-0.05, 0) is 75.6 Å². The van der Waals surface area contributed by atoms with Crippen LogP contribution in [0.15, 0.2) is 60.9 Å². The Balaban J connectivity index is 1.12. The van der Waals surface area contributed by atoms with Crippen LogP contribution >= 0.6 is 0 Å². The van der Waals surface area contributed by atoms with Gasteiger partial charge >= 0.3 is 12.2 Å². The summed E-state index contributed by atoms with van der Waals surface area (Å²) >= 11 is 0. The number of hydrogen-bond acceptors (Lipinski definition) is 9. The van der Waals surface area contributed by atoms with Crippen molar-refractivity contribution in [3.8, 4) is 33.6 Å². The van der Waals surface area contributed by atoms with Crippen LogP contribution in [0.25, 0.3) is 33.6 Å². The van der Waals surface area contributed by atoms with Crippen LogP contribution in [0.5, 0.6) is 0 Å². The van der Waals surface area contributed by atoms with Gasteiger partial charge in [-0.1, -0.05) is 48.5 Å². The van der Waals surface area contributed by atoms with Crippen LogP contribution in [0, 0.1) is 0 Å². The zero-order valence-corrected chi connectivity index (χ0v) is 31.5. The van der Waals surface area contributed by atoms with E-state index in [-0.39, 0.29) is 12.1 Å². The van der Waals surface area contributed by atoms with E-state index in [0.29, 0.717) is 37.6 Å². The number of nitrogens with one attached hydrogen (secondary N) is 4. The minimum atomic E-state index is -1.60. The Morgan fingerprint density at radius 1 is 0.709 bits per heavy atom. The lowest BCUT2D eigenvalue weighted by atomic mass is 9.97. The summed E-state index contributed by atoms with van der Waals surface area (Å²) in [6.45, 7) is 6.61. The highest BCUT2D eigenvalue weighted by Crippen LogP contribution is 2.35. The van der Waals surface area contributed by atoms with Crippen molar-refractivity contribution < 1.29 is 39.2 Å². The highest BCUT2D eigenvalue weighted by molar-refractivity contribution is 5.88. The molecule has 16 nitrogen and oxygen atoms in total. The molecule has 292 valence electrons. The fourth-order valence-corrected chi connectivity index (χ4v) is 7.33. The quantitative estimate of drug-likeness (QED) is 0.114. The Labute approximate surface area is 318 Å². The van der Waals surface area contributed by atoms with Crippen molar-refractivity contribution >= 4 is 24.0 Å². The first-order chi connectivity index (χ1) is 26.0. The molecule has 0 radical (unpaired) electrons. The van der Waals surface area contributed by atoms with Crippen LogP contribution in [0.3, 0.4) is 0 Å². The van der Waals surface area contributed by atoms with Crippen molar-refractivity contribution in [2.75, 3.05) is 20.2 Å². The van der Waals surface area contributed by atoms with Gasteiger partial charge in [-0.25, -0.2) is 19.6 Å². The average Bonchev–Trinajstić information content (AvgIpc) is 3.98. The summed E-state index contributed by atoms with van der Waals surface area (Å²) in [7, 11) is 1.20. The van der Waals surface area contributed by atoms with Gasteiger partial charge < -0.3 is 50.5 Å². The molecule has 2 aromatic heterocycles. The maximum Gasteiger partial charge on any atom is 0.407 e. The highest BCUT2D eigenvalue weighted by Gasteiger charge is 2.43. The molecule has 4 aromatic rings. The number of aliphatic hydroxyl groups is 2. The largest absolute Gasteiger partial charge is 0.465 e. The number of imidazole rings is 2. The van der Waals surface area contributed by atoms with Crippen LogP contribution in [0.1, 0.15) is 77.1 Å². The van der Waals surface area contributed by atoms with E-state index in [0.717, 1.165) is 46.5 Å². The summed E-state index contributed by atoms with van der Waals surface area (Å²) < 4.78 is 4.68. The molecule has 0 spiro atoms. The number of benzene rings is 2. The molecule has 1 unspecified atom stereocenters. The summed E-state index contributed by atoms with van der Waals surface area (Å²) in [6, 6.07) is 12.8. The second-order valence-corrected chi connectivity index (χ2v) is 15.2. The highest BCUT2D eigenvalue weighted by atomic mass is 16.5. The average molecular weight is 757 g/mol. The van der Waals surface area contributed by atoms with E-state index in [1.54, 1.807) is 22.2 Å². The summed E-state index contributed by atoms with van der Waals surface area (Å²) in [5.74, 6) is 0.297. The number of rotatable bonds is 11. The van der Waals surface area contributed by atoms with Crippen molar-refractivity contribution in [1.82, 2.24) is 40.4 Å². The predicted octanol–water partition coefficient (Wildman–Crippen LogP) is 4.36. The minimum absolute atomic E-state index is 0.346. The fraction of sp³-hybridized carbons (Fsp3) is 0.436. The third kappa shape index (κ3) is 8.49. The molecule has 4 amide bonds. The van der Waals surface area contributed by atoms with E-state index in [4.69, 9.17) is 0 Å². The molecule has 2 aliphatic rings. The standard InChI is InChI=1S/C39H48N8O8/c1-38(2,53)30(44-36(50)51)34(48)46-18-6-8-28(46)32-40-20-26(42-32)24-14-10-22(11-15-24)23-12-16-25(17-13-23)27-21-41-33(43-27)29-9-7-19-47(29)35(49)31(39(3,4)54)45-37(52)55-5/h10-17,20-21,28-31,44,53-54H,6-9,18-19H2,1-5H3,(H,40,42)(H,41,43)(H,45,52)(H,50,51)/t28-,29?,30+,31+/m0/s1. The van der Waals surface area contributed by atoms with Crippen molar-refractivity contribution in [2.24, 2.45) is 0 Å². The lowest BCUT2D eigenvalue weighted by Crippen LogP contribution is -2.58. The number of methoxy groups -OCH3 is 1. The van der Waals surface area contributed by atoms with Crippen LogP contribution in [-0.4, -0.2) is 113 Å². The number of alkyl carbamates (subject to hydrolysis) is 1. The molecule has 2 saturated heterocycles. The van der Waals surface area contributed by atoms with Crippen molar-refractivity contribution in [2.45, 2.75) is 88.7 Å². The number of aromatic amines is 2. The lowest BCUT2D eigenvalue weighted by molar-refractivity contribution is -0.141. The van der Waals surface area contributed by atoms with Gasteiger partial charge in [0.1, 0.15) is 23.7 Å². The minimum Gasteiger partial charge on any atom is -0.465 e.